The molecular formula is C9H10N2O. The van der Waals surface area contributed by atoms with E-state index >= 15 is 0 Å². The number of fused-ring (bicyclic) bond motifs is 1. The van der Waals surface area contributed by atoms with Gasteiger partial charge in [-0.05, 0) is 24.3 Å². The normalized spacial score (nSPS) is 10.8. The highest BCUT2D eigenvalue weighted by Gasteiger charge is 1.98. The van der Waals surface area contributed by atoms with Crippen LogP contribution >= 0.6 is 0 Å². The minimum absolute atomic E-state index is 0.0363. The second-order valence-corrected chi connectivity index (χ2v) is 2.80. The van der Waals surface area contributed by atoms with Crippen LogP contribution in [0.2, 0.25) is 0 Å². The van der Waals surface area contributed by atoms with Crippen LogP contribution in [0.1, 0.15) is 5.69 Å². The molecule has 0 aliphatic heterocycles. The van der Waals surface area contributed by atoms with Gasteiger partial charge in [0, 0.05) is 22.3 Å². The van der Waals surface area contributed by atoms with Gasteiger partial charge in [-0.25, -0.2) is 0 Å². The predicted octanol–water partition coefficient (Wildman–Crippen LogP) is 1.24. The Morgan fingerprint density at radius 3 is 2.92 bits per heavy atom. The highest BCUT2D eigenvalue weighted by Crippen LogP contribution is 2.17. The molecule has 0 saturated heterocycles. The SMILES string of the molecule is Nc1ccc2[nH]c(CO)cc2c1. The van der Waals surface area contributed by atoms with Crippen LogP contribution in [0.4, 0.5) is 5.69 Å². The summed E-state index contributed by atoms with van der Waals surface area (Å²) in [5.41, 5.74) is 8.16. The Hall–Kier alpha value is -1.48. The van der Waals surface area contributed by atoms with Gasteiger partial charge in [0.05, 0.1) is 6.61 Å². The van der Waals surface area contributed by atoms with Crippen molar-refractivity contribution in [2.24, 2.45) is 0 Å². The van der Waals surface area contributed by atoms with Crippen molar-refractivity contribution in [3.8, 4) is 0 Å². The average molecular weight is 162 g/mol. The summed E-state index contributed by atoms with van der Waals surface area (Å²) in [6.45, 7) is 0.0363. The fourth-order valence-electron chi connectivity index (χ4n) is 1.30. The van der Waals surface area contributed by atoms with Gasteiger partial charge < -0.3 is 15.8 Å². The molecule has 62 valence electrons. The summed E-state index contributed by atoms with van der Waals surface area (Å²) < 4.78 is 0. The first-order chi connectivity index (χ1) is 5.79. The maximum Gasteiger partial charge on any atom is 0.0831 e. The van der Waals surface area contributed by atoms with Crippen molar-refractivity contribution >= 4 is 16.6 Å². The molecule has 0 aliphatic rings. The molecule has 3 nitrogen and oxygen atoms in total. The van der Waals surface area contributed by atoms with Crippen LogP contribution in [0.3, 0.4) is 0 Å². The molecular weight excluding hydrogens is 152 g/mol. The number of rotatable bonds is 1. The van der Waals surface area contributed by atoms with Gasteiger partial charge >= 0.3 is 0 Å². The van der Waals surface area contributed by atoms with Gasteiger partial charge in [0.1, 0.15) is 0 Å². The number of hydrogen-bond donors (Lipinski definition) is 3. The minimum Gasteiger partial charge on any atom is -0.399 e. The molecule has 3 heteroatoms. The number of anilines is 1. The third kappa shape index (κ3) is 1.04. The molecule has 0 fully saturated rings. The van der Waals surface area contributed by atoms with Crippen molar-refractivity contribution in [2.45, 2.75) is 6.61 Å². The van der Waals surface area contributed by atoms with Crippen LogP contribution in [-0.4, -0.2) is 10.1 Å². The zero-order valence-electron chi connectivity index (χ0n) is 6.54. The van der Waals surface area contributed by atoms with Gasteiger partial charge in [-0.3, -0.25) is 0 Å². The molecule has 1 aromatic heterocycles. The monoisotopic (exact) mass is 162 g/mol. The molecule has 0 amide bonds. The predicted molar refractivity (Wildman–Crippen MR) is 48.6 cm³/mol. The molecule has 0 radical (unpaired) electrons. The Bertz CT molecular complexity index is 406. The first kappa shape index (κ1) is 7.18. The molecule has 1 heterocycles. The van der Waals surface area contributed by atoms with Crippen LogP contribution in [0.15, 0.2) is 24.3 Å². The summed E-state index contributed by atoms with van der Waals surface area (Å²) in [6.07, 6.45) is 0. The van der Waals surface area contributed by atoms with E-state index in [0.29, 0.717) is 0 Å². The van der Waals surface area contributed by atoms with E-state index in [1.54, 1.807) is 0 Å². The number of nitrogen functional groups attached to an aromatic ring is 1. The summed E-state index contributed by atoms with van der Waals surface area (Å²) in [5.74, 6) is 0. The number of aromatic nitrogens is 1. The lowest BCUT2D eigenvalue weighted by Gasteiger charge is -1.90. The van der Waals surface area contributed by atoms with Gasteiger partial charge in [0.2, 0.25) is 0 Å². The Labute approximate surface area is 69.8 Å². The first-order valence-electron chi connectivity index (χ1n) is 3.77. The van der Waals surface area contributed by atoms with E-state index in [9.17, 15) is 0 Å². The maximum atomic E-state index is 8.85. The zero-order valence-corrected chi connectivity index (χ0v) is 6.54. The topological polar surface area (TPSA) is 62.0 Å². The number of benzene rings is 1. The van der Waals surface area contributed by atoms with Gasteiger partial charge in [0.15, 0.2) is 0 Å². The number of H-pyrrole nitrogens is 1. The number of aromatic amines is 1. The van der Waals surface area contributed by atoms with E-state index in [1.807, 2.05) is 24.3 Å². The standard InChI is InChI=1S/C9H10N2O/c10-7-1-2-9-6(3-7)4-8(5-12)11-9/h1-4,11-12H,5,10H2. The van der Waals surface area contributed by atoms with Crippen LogP contribution in [-0.2, 0) is 6.61 Å². The number of nitrogens with two attached hydrogens (primary N) is 1. The minimum atomic E-state index is 0.0363. The second-order valence-electron chi connectivity index (χ2n) is 2.80. The Morgan fingerprint density at radius 2 is 2.17 bits per heavy atom. The zero-order chi connectivity index (χ0) is 8.55. The van der Waals surface area contributed by atoms with E-state index in [1.165, 1.54) is 0 Å². The van der Waals surface area contributed by atoms with Crippen molar-refractivity contribution < 1.29 is 5.11 Å². The number of aliphatic hydroxyl groups is 1. The molecule has 0 saturated carbocycles. The molecule has 0 spiro atoms. The molecule has 1 aromatic carbocycles. The maximum absolute atomic E-state index is 8.85. The van der Waals surface area contributed by atoms with Crippen molar-refractivity contribution in [1.82, 2.24) is 4.98 Å². The molecule has 0 bridgehead atoms. The van der Waals surface area contributed by atoms with Gasteiger partial charge in [0.25, 0.3) is 0 Å². The molecule has 0 unspecified atom stereocenters. The molecule has 0 aliphatic carbocycles. The third-order valence-electron chi connectivity index (χ3n) is 1.87. The van der Waals surface area contributed by atoms with Gasteiger partial charge in [-0.2, -0.15) is 0 Å². The summed E-state index contributed by atoms with van der Waals surface area (Å²) >= 11 is 0. The largest absolute Gasteiger partial charge is 0.399 e. The van der Waals surface area contributed by atoms with Crippen molar-refractivity contribution in [2.75, 3.05) is 5.73 Å². The van der Waals surface area contributed by atoms with E-state index in [4.69, 9.17) is 10.8 Å². The lowest BCUT2D eigenvalue weighted by Crippen LogP contribution is -1.81. The lowest BCUT2D eigenvalue weighted by atomic mass is 10.2. The molecule has 2 rings (SSSR count). The smallest absolute Gasteiger partial charge is 0.0831 e. The van der Waals surface area contributed by atoms with E-state index in [2.05, 4.69) is 4.98 Å². The molecule has 4 N–H and O–H groups in total. The quantitative estimate of drug-likeness (QED) is 0.552. The highest BCUT2D eigenvalue weighted by atomic mass is 16.3. The van der Waals surface area contributed by atoms with Crippen molar-refractivity contribution in [1.29, 1.82) is 0 Å². The fourth-order valence-corrected chi connectivity index (χ4v) is 1.30. The van der Waals surface area contributed by atoms with Crippen LogP contribution < -0.4 is 5.73 Å². The van der Waals surface area contributed by atoms with Gasteiger partial charge in [-0.1, -0.05) is 0 Å². The second kappa shape index (κ2) is 2.53. The Balaban J connectivity index is 2.67. The van der Waals surface area contributed by atoms with Crippen molar-refractivity contribution in [3.05, 3.63) is 30.0 Å². The molecule has 12 heavy (non-hydrogen) atoms. The summed E-state index contributed by atoms with van der Waals surface area (Å²) in [5, 5.41) is 9.89. The first-order valence-corrected chi connectivity index (χ1v) is 3.77. The summed E-state index contributed by atoms with van der Waals surface area (Å²) in [7, 11) is 0. The molecule has 2 aromatic rings. The van der Waals surface area contributed by atoms with E-state index in [-0.39, 0.29) is 6.61 Å². The Kier molecular flexibility index (Phi) is 1.52. The Morgan fingerprint density at radius 1 is 1.33 bits per heavy atom. The highest BCUT2D eigenvalue weighted by molar-refractivity contribution is 5.83. The number of hydrogen-bond acceptors (Lipinski definition) is 2. The number of aliphatic hydroxyl groups excluding tert-OH is 1. The van der Waals surface area contributed by atoms with E-state index in [0.717, 1.165) is 22.3 Å². The third-order valence-corrected chi connectivity index (χ3v) is 1.87. The average Bonchev–Trinajstić information content (AvgIpc) is 2.46. The molecule has 0 atom stereocenters. The van der Waals surface area contributed by atoms with Crippen LogP contribution in [0, 0.1) is 0 Å². The lowest BCUT2D eigenvalue weighted by molar-refractivity contribution is 0.278. The van der Waals surface area contributed by atoms with Gasteiger partial charge in [-0.15, -0.1) is 0 Å². The van der Waals surface area contributed by atoms with Crippen LogP contribution in [0.5, 0.6) is 0 Å². The number of nitrogens with one attached hydrogen (secondary N) is 1. The summed E-state index contributed by atoms with van der Waals surface area (Å²) in [6, 6.07) is 7.51. The van der Waals surface area contributed by atoms with Crippen LogP contribution in [0.25, 0.3) is 10.9 Å². The van der Waals surface area contributed by atoms with Crippen molar-refractivity contribution in [3.63, 3.8) is 0 Å². The fraction of sp³-hybridized carbons (Fsp3) is 0.111. The summed E-state index contributed by atoms with van der Waals surface area (Å²) in [4.78, 5) is 3.07. The van der Waals surface area contributed by atoms with E-state index < -0.39 is 0 Å².